The third-order valence-electron chi connectivity index (χ3n) is 5.76. The first-order valence-electron chi connectivity index (χ1n) is 11.2. The van der Waals surface area contributed by atoms with Gasteiger partial charge in [-0.05, 0) is 31.7 Å². The molecular formula is C24H31N5O2. The Kier molecular flexibility index (Phi) is 6.82. The van der Waals surface area contributed by atoms with Gasteiger partial charge < -0.3 is 15.0 Å². The van der Waals surface area contributed by atoms with Crippen molar-refractivity contribution in [2.45, 2.75) is 52.2 Å². The van der Waals surface area contributed by atoms with Crippen molar-refractivity contribution in [1.29, 1.82) is 0 Å². The minimum absolute atomic E-state index is 0.00101. The van der Waals surface area contributed by atoms with Crippen LogP contribution in [0.1, 0.15) is 49.0 Å². The van der Waals surface area contributed by atoms with E-state index in [0.717, 1.165) is 61.3 Å². The van der Waals surface area contributed by atoms with Crippen molar-refractivity contribution in [3.63, 3.8) is 0 Å². The zero-order chi connectivity index (χ0) is 21.6. The van der Waals surface area contributed by atoms with Crippen molar-refractivity contribution in [2.24, 2.45) is 0 Å². The second kappa shape index (κ2) is 9.92. The third-order valence-corrected chi connectivity index (χ3v) is 5.76. The summed E-state index contributed by atoms with van der Waals surface area (Å²) in [4.78, 5) is 20.3. The van der Waals surface area contributed by atoms with Crippen LogP contribution < -0.4 is 5.32 Å². The Balaban J connectivity index is 1.71. The Labute approximate surface area is 183 Å². The van der Waals surface area contributed by atoms with Crippen LogP contribution in [-0.4, -0.2) is 51.4 Å². The lowest BCUT2D eigenvalue weighted by Gasteiger charge is -2.27. The number of hydrogen-bond donors (Lipinski definition) is 1. The molecule has 1 aliphatic rings. The highest BCUT2D eigenvalue weighted by Gasteiger charge is 2.25. The molecule has 164 valence electrons. The molecule has 0 unspecified atom stereocenters. The van der Waals surface area contributed by atoms with Gasteiger partial charge in [-0.25, -0.2) is 9.67 Å². The van der Waals surface area contributed by atoms with E-state index < -0.39 is 0 Å². The molecule has 4 rings (SSSR count). The fourth-order valence-corrected chi connectivity index (χ4v) is 4.12. The molecule has 31 heavy (non-hydrogen) atoms. The maximum absolute atomic E-state index is 13.7. The molecule has 7 heteroatoms. The van der Waals surface area contributed by atoms with Gasteiger partial charge in [0.05, 0.1) is 22.8 Å². The highest BCUT2D eigenvalue weighted by atomic mass is 16.5. The van der Waals surface area contributed by atoms with Crippen molar-refractivity contribution in [3.8, 4) is 0 Å². The monoisotopic (exact) mass is 421 g/mol. The Morgan fingerprint density at radius 2 is 1.97 bits per heavy atom. The molecule has 3 heterocycles. The van der Waals surface area contributed by atoms with Gasteiger partial charge in [-0.3, -0.25) is 4.79 Å². The Morgan fingerprint density at radius 3 is 2.68 bits per heavy atom. The quantitative estimate of drug-likeness (QED) is 0.593. The van der Waals surface area contributed by atoms with E-state index in [0.29, 0.717) is 18.7 Å². The average molecular weight is 422 g/mol. The lowest BCUT2D eigenvalue weighted by Crippen LogP contribution is -2.33. The van der Waals surface area contributed by atoms with E-state index in [1.54, 1.807) is 6.20 Å². The molecule has 2 aromatic heterocycles. The number of aromatic nitrogens is 3. The maximum Gasteiger partial charge on any atom is 0.257 e. The van der Waals surface area contributed by atoms with Crippen molar-refractivity contribution in [1.82, 2.24) is 19.7 Å². The standard InChI is InChI=1S/C24H31N5O2/c1-3-12-28(17-18-8-6-5-7-9-18)24(30)21-15-25-23-20(16-26-29(23)4-2)22(21)27-19-10-13-31-14-11-19/h5-9,15-16,19H,3-4,10-14,17H2,1-2H3,(H,25,27). The average Bonchev–Trinajstić information content (AvgIpc) is 3.24. The first-order valence-corrected chi connectivity index (χ1v) is 11.2. The van der Waals surface area contributed by atoms with Crippen LogP contribution in [-0.2, 0) is 17.8 Å². The predicted octanol–water partition coefficient (Wildman–Crippen LogP) is 4.09. The van der Waals surface area contributed by atoms with E-state index in [9.17, 15) is 4.79 Å². The van der Waals surface area contributed by atoms with Gasteiger partial charge in [0.1, 0.15) is 0 Å². The fourth-order valence-electron chi connectivity index (χ4n) is 4.12. The van der Waals surface area contributed by atoms with E-state index in [1.165, 1.54) is 0 Å². The molecule has 0 radical (unpaired) electrons. The van der Waals surface area contributed by atoms with Crippen LogP contribution in [0.15, 0.2) is 42.7 Å². The number of fused-ring (bicyclic) bond motifs is 1. The van der Waals surface area contributed by atoms with Crippen LogP contribution in [0.2, 0.25) is 0 Å². The summed E-state index contributed by atoms with van der Waals surface area (Å²) in [6.07, 6.45) is 6.27. The number of carbonyl (C=O) groups is 1. The van der Waals surface area contributed by atoms with Crippen LogP contribution >= 0.6 is 0 Å². The molecule has 0 aliphatic carbocycles. The number of aryl methyl sites for hydroxylation is 1. The summed E-state index contributed by atoms with van der Waals surface area (Å²) < 4.78 is 7.38. The second-order valence-corrected chi connectivity index (χ2v) is 7.99. The molecule has 1 N–H and O–H groups in total. The van der Waals surface area contributed by atoms with Crippen LogP contribution in [0.3, 0.4) is 0 Å². The number of hydrogen-bond acceptors (Lipinski definition) is 5. The number of anilines is 1. The van der Waals surface area contributed by atoms with Crippen molar-refractivity contribution in [3.05, 3.63) is 53.9 Å². The lowest BCUT2D eigenvalue weighted by molar-refractivity contribution is 0.0743. The summed E-state index contributed by atoms with van der Waals surface area (Å²) in [7, 11) is 0. The molecule has 1 aliphatic heterocycles. The predicted molar refractivity (Wildman–Crippen MR) is 122 cm³/mol. The topological polar surface area (TPSA) is 72.3 Å². The molecular weight excluding hydrogens is 390 g/mol. The molecule has 0 bridgehead atoms. The smallest absolute Gasteiger partial charge is 0.257 e. The molecule has 7 nitrogen and oxygen atoms in total. The van der Waals surface area contributed by atoms with Crippen molar-refractivity contribution < 1.29 is 9.53 Å². The number of amides is 1. The van der Waals surface area contributed by atoms with Gasteiger partial charge in [-0.15, -0.1) is 0 Å². The number of nitrogens with zero attached hydrogens (tertiary/aromatic N) is 4. The molecule has 0 atom stereocenters. The molecule has 1 saturated heterocycles. The lowest BCUT2D eigenvalue weighted by atomic mass is 10.1. The number of carbonyl (C=O) groups excluding carboxylic acids is 1. The first-order chi connectivity index (χ1) is 15.2. The van der Waals surface area contributed by atoms with Gasteiger partial charge in [0, 0.05) is 45.1 Å². The highest BCUT2D eigenvalue weighted by molar-refractivity contribution is 6.06. The van der Waals surface area contributed by atoms with Gasteiger partial charge in [-0.2, -0.15) is 5.10 Å². The Bertz CT molecular complexity index is 1010. The molecule has 1 fully saturated rings. The molecule has 1 amide bonds. The van der Waals surface area contributed by atoms with E-state index >= 15 is 0 Å². The zero-order valence-electron chi connectivity index (χ0n) is 18.4. The molecule has 3 aromatic rings. The summed E-state index contributed by atoms with van der Waals surface area (Å²) in [6.45, 7) is 7.61. The number of pyridine rings is 1. The Morgan fingerprint density at radius 1 is 1.19 bits per heavy atom. The first kappa shape index (κ1) is 21.3. The molecule has 1 aromatic carbocycles. The second-order valence-electron chi connectivity index (χ2n) is 7.99. The number of rotatable bonds is 8. The summed E-state index contributed by atoms with van der Waals surface area (Å²) in [5.74, 6) is -0.00101. The van der Waals surface area contributed by atoms with Gasteiger partial charge in [-0.1, -0.05) is 37.3 Å². The van der Waals surface area contributed by atoms with Gasteiger partial charge in [0.2, 0.25) is 0 Å². The van der Waals surface area contributed by atoms with E-state index in [2.05, 4.69) is 34.5 Å². The summed E-state index contributed by atoms with van der Waals surface area (Å²) in [5, 5.41) is 9.03. The SMILES string of the molecule is CCCN(Cc1ccccc1)C(=O)c1cnc2c(cnn2CC)c1NC1CCOCC1. The number of benzene rings is 1. The minimum atomic E-state index is -0.00101. The van der Waals surface area contributed by atoms with Gasteiger partial charge >= 0.3 is 0 Å². The third kappa shape index (κ3) is 4.71. The highest BCUT2D eigenvalue weighted by Crippen LogP contribution is 2.29. The van der Waals surface area contributed by atoms with Crippen LogP contribution in [0, 0.1) is 0 Å². The van der Waals surface area contributed by atoms with Crippen molar-refractivity contribution >= 4 is 22.6 Å². The molecule has 0 spiro atoms. The number of nitrogens with one attached hydrogen (secondary N) is 1. The summed E-state index contributed by atoms with van der Waals surface area (Å²) >= 11 is 0. The number of ether oxygens (including phenoxy) is 1. The van der Waals surface area contributed by atoms with Gasteiger partial charge in [0.15, 0.2) is 5.65 Å². The summed E-state index contributed by atoms with van der Waals surface area (Å²) in [6, 6.07) is 10.4. The van der Waals surface area contributed by atoms with Crippen molar-refractivity contribution in [2.75, 3.05) is 25.1 Å². The van der Waals surface area contributed by atoms with E-state index in [4.69, 9.17) is 4.74 Å². The Hall–Kier alpha value is -2.93. The maximum atomic E-state index is 13.7. The van der Waals surface area contributed by atoms with E-state index in [1.807, 2.05) is 40.9 Å². The van der Waals surface area contributed by atoms with Crippen LogP contribution in [0.25, 0.3) is 11.0 Å². The molecule has 0 saturated carbocycles. The fraction of sp³-hybridized carbons (Fsp3) is 0.458. The zero-order valence-corrected chi connectivity index (χ0v) is 18.4. The van der Waals surface area contributed by atoms with Crippen LogP contribution in [0.4, 0.5) is 5.69 Å². The van der Waals surface area contributed by atoms with Gasteiger partial charge in [0.25, 0.3) is 5.91 Å². The normalized spacial score (nSPS) is 14.6. The summed E-state index contributed by atoms with van der Waals surface area (Å²) in [5.41, 5.74) is 3.38. The minimum Gasteiger partial charge on any atom is -0.381 e. The largest absolute Gasteiger partial charge is 0.381 e. The van der Waals surface area contributed by atoms with E-state index in [-0.39, 0.29) is 11.9 Å². The van der Waals surface area contributed by atoms with Crippen LogP contribution in [0.5, 0.6) is 0 Å².